The molecule has 0 heterocycles. The molecule has 0 N–H and O–H groups in total. The number of benzene rings is 7. The van der Waals surface area contributed by atoms with Crippen molar-refractivity contribution in [3.63, 3.8) is 0 Å². The topological polar surface area (TPSA) is 362 Å². The lowest BCUT2D eigenvalue weighted by Crippen LogP contribution is -2.26. The van der Waals surface area contributed by atoms with E-state index < -0.39 is 69.6 Å². The molecule has 24 nitrogen and oxygen atoms in total. The molecule has 28 heteroatoms. The minimum atomic E-state index is -3.56. The molecule has 6 unspecified atom stereocenters. The third kappa shape index (κ3) is 37.6. The molecule has 0 radical (unpaired) electrons. The molecule has 0 spiro atoms. The van der Waals surface area contributed by atoms with Gasteiger partial charge in [0.2, 0.25) is 0 Å². The number of nitriles is 1. The Morgan fingerprint density at radius 3 is 1.12 bits per heavy atom. The smallest absolute Gasteiger partial charge is 0.309 e. The summed E-state index contributed by atoms with van der Waals surface area (Å²) in [7, 11) is -13.2. The largest absolute Gasteiger partial charge is 0.465 e. The monoisotopic (exact) mass is 1730 g/mol. The second-order valence-corrected chi connectivity index (χ2v) is 39.6. The fourth-order valence-electron chi connectivity index (χ4n) is 10.8. The van der Waals surface area contributed by atoms with Crippen LogP contribution >= 0.6 is 0 Å². The number of hydrogen-bond acceptors (Lipinski definition) is 24. The second-order valence-electron chi connectivity index (χ2n) is 31.1. The Morgan fingerprint density at radius 1 is 0.383 bits per heavy atom. The molecular formula is C92H119NO23S4. The SMILES string of the molecule is CC(C#N)COC(=O)C(C)C.CC(C)C(=O)OC(C)C1c2ccccc2-c2ccccc21.CC(C)C(=O)OC(CS(=O)(=O)c1ccccc1)c1ccccc1.CC(C)C(=O)OC(CS(C)(=O)=O)c1ccccc1.CC(C)C(=O)OCC1Cc2ccccc2C1=O.CC(C)C(=O)OCCS(C)(=O)=O.CC(CS(=O)(=O)c1ccccc1)OC(=O)C(C)C. The van der Waals surface area contributed by atoms with Gasteiger partial charge in [0.05, 0.1) is 92.1 Å². The number of nitrogens with zero attached hydrogens (tertiary/aromatic N) is 1. The lowest BCUT2D eigenvalue weighted by molar-refractivity contribution is -0.153. The van der Waals surface area contributed by atoms with Crippen molar-refractivity contribution in [1.29, 1.82) is 5.26 Å². The number of sulfone groups is 4. The fourth-order valence-corrected chi connectivity index (χ4v) is 14.9. The lowest BCUT2D eigenvalue weighted by Gasteiger charge is -2.23. The normalized spacial score (nSPS) is 13.9. The van der Waals surface area contributed by atoms with Crippen molar-refractivity contribution in [2.45, 2.75) is 164 Å². The summed E-state index contributed by atoms with van der Waals surface area (Å²) < 4.78 is 129. The van der Waals surface area contributed by atoms with E-state index in [9.17, 15) is 72.0 Å². The van der Waals surface area contributed by atoms with Gasteiger partial charge in [0.1, 0.15) is 44.2 Å². The summed E-state index contributed by atoms with van der Waals surface area (Å²) in [5.74, 6) is -4.56. The summed E-state index contributed by atoms with van der Waals surface area (Å²) in [5.41, 5.74) is 8.21. The zero-order valence-electron chi connectivity index (χ0n) is 72.2. The van der Waals surface area contributed by atoms with Crippen LogP contribution in [0, 0.1) is 64.6 Å². The first-order valence-corrected chi connectivity index (χ1v) is 47.1. The van der Waals surface area contributed by atoms with Crippen molar-refractivity contribution in [2.24, 2.45) is 53.3 Å². The Morgan fingerprint density at radius 2 is 0.725 bits per heavy atom. The number of carbonyl (C=O) groups excluding carboxylic acids is 8. The number of carbonyl (C=O) groups is 8. The Kier molecular flexibility index (Phi) is 44.0. The van der Waals surface area contributed by atoms with Crippen LogP contribution in [0.5, 0.6) is 0 Å². The van der Waals surface area contributed by atoms with Gasteiger partial charge in [-0.25, -0.2) is 33.7 Å². The molecule has 9 rings (SSSR count). The quantitative estimate of drug-likeness (QED) is 0.0310. The van der Waals surface area contributed by atoms with Gasteiger partial charge in [-0.2, -0.15) is 5.26 Å². The average molecular weight is 1740 g/mol. The minimum absolute atomic E-state index is 0.0458. The van der Waals surface area contributed by atoms with Crippen molar-refractivity contribution >= 4 is 86.9 Å². The molecule has 2 aliphatic rings. The van der Waals surface area contributed by atoms with Gasteiger partial charge in [-0.1, -0.05) is 267 Å². The molecule has 0 amide bonds. The minimum Gasteiger partial charge on any atom is -0.465 e. The van der Waals surface area contributed by atoms with Crippen LogP contribution < -0.4 is 0 Å². The van der Waals surface area contributed by atoms with Crippen LogP contribution in [0.3, 0.4) is 0 Å². The van der Waals surface area contributed by atoms with Gasteiger partial charge in [0.15, 0.2) is 45.1 Å². The zero-order chi connectivity index (χ0) is 90.4. The Bertz CT molecular complexity index is 4900. The molecule has 0 saturated carbocycles. The highest BCUT2D eigenvalue weighted by Gasteiger charge is 2.36. The van der Waals surface area contributed by atoms with E-state index in [0.717, 1.165) is 23.6 Å². The van der Waals surface area contributed by atoms with Crippen LogP contribution in [-0.2, 0) is 112 Å². The summed E-state index contributed by atoms with van der Waals surface area (Å²) >= 11 is 0. The van der Waals surface area contributed by atoms with E-state index in [1.807, 2.05) is 63.2 Å². The fraction of sp³-hybridized carbons (Fsp3) is 0.446. The van der Waals surface area contributed by atoms with Crippen LogP contribution in [0.15, 0.2) is 204 Å². The van der Waals surface area contributed by atoms with E-state index >= 15 is 0 Å². The average Bonchev–Trinajstić information content (AvgIpc) is 1.60. The van der Waals surface area contributed by atoms with Gasteiger partial charge < -0.3 is 33.2 Å². The van der Waals surface area contributed by atoms with E-state index in [1.54, 1.807) is 194 Å². The number of fused-ring (bicyclic) bond motifs is 4. The predicted molar refractivity (Wildman–Crippen MR) is 461 cm³/mol. The molecule has 120 heavy (non-hydrogen) atoms. The van der Waals surface area contributed by atoms with Gasteiger partial charge in [-0.05, 0) is 90.4 Å². The molecule has 0 aromatic heterocycles. The number of ketones is 1. The van der Waals surface area contributed by atoms with E-state index in [4.69, 9.17) is 33.7 Å². The highest BCUT2D eigenvalue weighted by molar-refractivity contribution is 7.92. The zero-order valence-corrected chi connectivity index (χ0v) is 75.5. The van der Waals surface area contributed by atoms with Crippen LogP contribution in [-0.4, -0.2) is 149 Å². The maximum absolute atomic E-state index is 12.6. The van der Waals surface area contributed by atoms with E-state index in [1.165, 1.54) is 34.4 Å². The maximum Gasteiger partial charge on any atom is 0.309 e. The molecule has 6 atom stereocenters. The van der Waals surface area contributed by atoms with Gasteiger partial charge in [-0.3, -0.25) is 38.4 Å². The molecule has 0 bridgehead atoms. The highest BCUT2D eigenvalue weighted by atomic mass is 32.2. The molecule has 654 valence electrons. The van der Waals surface area contributed by atoms with Gasteiger partial charge in [-0.15, -0.1) is 0 Å². The number of rotatable bonds is 29. The van der Waals surface area contributed by atoms with Crippen molar-refractivity contribution in [2.75, 3.05) is 55.3 Å². The van der Waals surface area contributed by atoms with E-state index in [-0.39, 0.29) is 154 Å². The van der Waals surface area contributed by atoms with Crippen molar-refractivity contribution in [1.82, 2.24) is 0 Å². The summed E-state index contributed by atoms with van der Waals surface area (Å²) in [6.45, 7) is 30.2. The van der Waals surface area contributed by atoms with Crippen molar-refractivity contribution < 1.29 is 105 Å². The van der Waals surface area contributed by atoms with E-state index in [0.29, 0.717) is 17.5 Å². The number of Topliss-reactive ketones (excluding diaryl/α,β-unsaturated/α-hetero) is 1. The molecule has 0 fully saturated rings. The van der Waals surface area contributed by atoms with Gasteiger partial charge in [0.25, 0.3) is 0 Å². The summed E-state index contributed by atoms with van der Waals surface area (Å²) in [4.78, 5) is 92.2. The predicted octanol–water partition coefficient (Wildman–Crippen LogP) is 15.6. The van der Waals surface area contributed by atoms with Crippen LogP contribution in [0.4, 0.5) is 0 Å². The van der Waals surface area contributed by atoms with Crippen molar-refractivity contribution in [3.05, 3.63) is 228 Å². The second kappa shape index (κ2) is 50.8. The molecular weight excluding hydrogens is 1620 g/mol. The summed E-state index contributed by atoms with van der Waals surface area (Å²) in [6.07, 6.45) is 0.546. The first-order valence-electron chi connectivity index (χ1n) is 39.6. The molecule has 7 aromatic rings. The molecule has 2 aliphatic carbocycles. The highest BCUT2D eigenvalue weighted by Crippen LogP contribution is 2.47. The molecule has 7 aromatic carbocycles. The van der Waals surface area contributed by atoms with Crippen LogP contribution in [0.1, 0.15) is 174 Å². The number of hydrogen-bond donors (Lipinski definition) is 0. The van der Waals surface area contributed by atoms with Crippen LogP contribution in [0.2, 0.25) is 0 Å². The standard InChI is InChI=1S/C19H20O2.C18H20O4S.C14H16O3.2C13H18O4S.C8H13NO2.C7H14O4S/c1-12(2)19(20)21-13(3)18-16-10-6-4-8-14(16)15-9-5-7-11-17(15)18;1-14(2)18(19)22-17(15-9-5-3-6-10-15)13-23(20,21)16-11-7-4-8-12-16;1-9(2)14(16)17-8-11-7-10-5-3-4-6-12(10)13(11)15;1-10(2)13(14)17-12(9-18(3,15)16)11-7-5-4-6-8-11;1-10(2)13(14)17-11(3)9-18(15,16)12-7-5-4-6-8-12;1-6(2)8(10)11-5-7(3)4-9;1-6(2)7(8)11-4-5-12(3,9)10/h4-13,18H,1-3H3;3-12,14,17H,13H2,1-2H3;3-6,9,11H,7-8H2,1-2H3;4-8,10,12H,9H2,1-3H3;4-8,10-11H,9H2,1-3H3;6-7H,5H2,1-3H3;6H,4-5H2,1-3H3. The van der Waals surface area contributed by atoms with Gasteiger partial charge in [0, 0.05) is 24.0 Å². The third-order valence-electron chi connectivity index (χ3n) is 17.6. The summed E-state index contributed by atoms with van der Waals surface area (Å²) in [6, 6.07) is 60.5. The molecule has 0 aliphatic heterocycles. The number of ether oxygens (including phenoxy) is 7. The van der Waals surface area contributed by atoms with Crippen molar-refractivity contribution in [3.8, 4) is 17.2 Å². The first kappa shape index (κ1) is 104. The third-order valence-corrected chi connectivity index (χ3v) is 23.0. The lowest BCUT2D eigenvalue weighted by atomic mass is 9.92. The Hall–Kier alpha value is -10.2. The first-order chi connectivity index (χ1) is 56.1. The summed E-state index contributed by atoms with van der Waals surface area (Å²) in [5, 5.41) is 8.34. The van der Waals surface area contributed by atoms with Crippen LogP contribution in [0.25, 0.3) is 11.1 Å². The Labute approximate surface area is 710 Å². The Balaban J connectivity index is 0.000000366. The van der Waals surface area contributed by atoms with Gasteiger partial charge >= 0.3 is 41.8 Å². The van der Waals surface area contributed by atoms with E-state index in [2.05, 4.69) is 53.3 Å². The molecule has 0 saturated heterocycles. The number of esters is 7. The maximum atomic E-state index is 12.6.